The summed E-state index contributed by atoms with van der Waals surface area (Å²) in [5.41, 5.74) is 6.01. The van der Waals surface area contributed by atoms with E-state index in [1.165, 1.54) is 23.0 Å². The van der Waals surface area contributed by atoms with Crippen molar-refractivity contribution in [3.63, 3.8) is 0 Å². The van der Waals surface area contributed by atoms with Crippen LogP contribution in [0.1, 0.15) is 10.4 Å². The average molecular weight is 273 g/mol. The van der Waals surface area contributed by atoms with Crippen LogP contribution in [-0.4, -0.2) is 28.7 Å². The summed E-state index contributed by atoms with van der Waals surface area (Å²) < 4.78 is 40.4. The number of carbonyl (C=O) groups excluding carboxylic acids is 1. The summed E-state index contributed by atoms with van der Waals surface area (Å²) in [6.07, 6.45) is -3.12. The van der Waals surface area contributed by atoms with Crippen LogP contribution in [0.15, 0.2) is 24.4 Å². The van der Waals surface area contributed by atoms with Crippen molar-refractivity contribution in [1.29, 1.82) is 0 Å². The molecule has 0 radical (unpaired) electrons. The molecule has 0 unspecified atom stereocenters. The first kappa shape index (κ1) is 13.3. The van der Waals surface area contributed by atoms with Gasteiger partial charge in [0.25, 0.3) is 0 Å². The molecular formula is C11H10F3N3O2. The normalized spacial score (nSPS) is 11.9. The van der Waals surface area contributed by atoms with Crippen molar-refractivity contribution in [1.82, 2.24) is 9.78 Å². The number of aromatic nitrogens is 2. The molecule has 0 spiro atoms. The minimum atomic E-state index is -4.65. The maximum atomic E-state index is 11.8. The van der Waals surface area contributed by atoms with Crippen molar-refractivity contribution >= 4 is 16.8 Å². The Morgan fingerprint density at radius 3 is 2.79 bits per heavy atom. The van der Waals surface area contributed by atoms with Gasteiger partial charge in [-0.2, -0.15) is 5.10 Å². The van der Waals surface area contributed by atoms with E-state index < -0.39 is 18.9 Å². The first-order valence-electron chi connectivity index (χ1n) is 5.33. The third kappa shape index (κ3) is 3.44. The molecule has 1 aromatic heterocycles. The molecule has 2 rings (SSSR count). The molecule has 0 aliphatic rings. The number of ether oxygens (including phenoxy) is 1. The van der Waals surface area contributed by atoms with Crippen LogP contribution in [0.3, 0.4) is 0 Å². The van der Waals surface area contributed by atoms with E-state index in [9.17, 15) is 18.0 Å². The third-order valence-corrected chi connectivity index (χ3v) is 2.42. The van der Waals surface area contributed by atoms with E-state index in [0.29, 0.717) is 16.5 Å². The number of benzene rings is 1. The molecule has 0 saturated heterocycles. The van der Waals surface area contributed by atoms with Gasteiger partial charge in [0.15, 0.2) is 0 Å². The number of amides is 1. The van der Waals surface area contributed by atoms with Crippen molar-refractivity contribution < 1.29 is 22.7 Å². The fourth-order valence-corrected chi connectivity index (χ4v) is 1.60. The number of nitrogens with zero attached hydrogens (tertiary/aromatic N) is 2. The van der Waals surface area contributed by atoms with Gasteiger partial charge in [-0.05, 0) is 18.2 Å². The number of carbonyl (C=O) groups is 1. The van der Waals surface area contributed by atoms with Gasteiger partial charge >= 0.3 is 6.36 Å². The second-order valence-corrected chi connectivity index (χ2v) is 3.82. The predicted octanol–water partition coefficient (Wildman–Crippen LogP) is 1.67. The smallest absolute Gasteiger partial charge is 0.366 e. The average Bonchev–Trinajstić information content (AvgIpc) is 2.68. The summed E-state index contributed by atoms with van der Waals surface area (Å²) in [7, 11) is 0. The minimum absolute atomic E-state index is 0.0416. The lowest BCUT2D eigenvalue weighted by Crippen LogP contribution is -2.17. The Hall–Kier alpha value is -2.09. The second-order valence-electron chi connectivity index (χ2n) is 3.82. The van der Waals surface area contributed by atoms with E-state index in [1.807, 2.05) is 0 Å². The van der Waals surface area contributed by atoms with Crippen molar-refractivity contribution in [2.45, 2.75) is 12.9 Å². The highest BCUT2D eigenvalue weighted by atomic mass is 19.4. The third-order valence-electron chi connectivity index (χ3n) is 2.42. The van der Waals surface area contributed by atoms with E-state index in [2.05, 4.69) is 9.84 Å². The molecule has 0 atom stereocenters. The Morgan fingerprint density at radius 2 is 2.16 bits per heavy atom. The summed E-state index contributed by atoms with van der Waals surface area (Å²) in [5, 5.41) is 4.68. The molecule has 0 aliphatic carbocycles. The van der Waals surface area contributed by atoms with Crippen LogP contribution in [-0.2, 0) is 11.3 Å². The molecule has 0 bridgehead atoms. The largest absolute Gasteiger partial charge is 0.522 e. The van der Waals surface area contributed by atoms with Gasteiger partial charge in [-0.1, -0.05) is 0 Å². The van der Waals surface area contributed by atoms with Crippen LogP contribution < -0.4 is 5.73 Å². The highest BCUT2D eigenvalue weighted by Crippen LogP contribution is 2.17. The van der Waals surface area contributed by atoms with E-state index >= 15 is 0 Å². The van der Waals surface area contributed by atoms with Crippen molar-refractivity contribution in [3.8, 4) is 0 Å². The number of alkyl halides is 3. The highest BCUT2D eigenvalue weighted by molar-refractivity contribution is 5.96. The number of rotatable bonds is 4. The molecule has 19 heavy (non-hydrogen) atoms. The predicted molar refractivity (Wildman–Crippen MR) is 60.3 cm³/mol. The summed E-state index contributed by atoms with van der Waals surface area (Å²) >= 11 is 0. The van der Waals surface area contributed by atoms with Crippen LogP contribution in [0.2, 0.25) is 0 Å². The molecule has 8 heteroatoms. The van der Waals surface area contributed by atoms with E-state index in [0.717, 1.165) is 0 Å². The second kappa shape index (κ2) is 4.88. The van der Waals surface area contributed by atoms with Crippen LogP contribution in [0.25, 0.3) is 10.9 Å². The fraction of sp³-hybridized carbons (Fsp3) is 0.273. The highest BCUT2D eigenvalue weighted by Gasteiger charge is 2.28. The number of primary amides is 1. The number of hydrogen-bond acceptors (Lipinski definition) is 3. The standard InChI is InChI=1S/C11H10F3N3O2/c12-11(13,14)19-4-3-17-6-8-5-7(10(15)18)1-2-9(8)16-17/h1-2,5-6H,3-4H2,(H2,15,18). The molecule has 102 valence electrons. The first-order chi connectivity index (χ1) is 8.85. The summed E-state index contributed by atoms with van der Waals surface area (Å²) in [6, 6.07) is 4.62. The lowest BCUT2D eigenvalue weighted by atomic mass is 10.1. The van der Waals surface area contributed by atoms with Gasteiger partial charge in [-0.15, -0.1) is 13.2 Å². The molecule has 0 aliphatic heterocycles. The summed E-state index contributed by atoms with van der Waals surface area (Å²) in [5.74, 6) is -0.574. The molecule has 2 aromatic rings. The Labute approximate surface area is 105 Å². The van der Waals surface area contributed by atoms with Crippen LogP contribution in [0, 0.1) is 0 Å². The van der Waals surface area contributed by atoms with Gasteiger partial charge < -0.3 is 5.73 Å². The monoisotopic (exact) mass is 273 g/mol. The molecule has 5 nitrogen and oxygen atoms in total. The topological polar surface area (TPSA) is 70.1 Å². The molecule has 1 amide bonds. The van der Waals surface area contributed by atoms with Gasteiger partial charge in [-0.3, -0.25) is 14.2 Å². The number of nitrogens with two attached hydrogens (primary N) is 1. The first-order valence-corrected chi connectivity index (χ1v) is 5.33. The maximum absolute atomic E-state index is 11.8. The van der Waals surface area contributed by atoms with Gasteiger partial charge in [0.2, 0.25) is 5.91 Å². The Bertz CT molecular complexity index is 607. The van der Waals surface area contributed by atoms with E-state index in [4.69, 9.17) is 5.73 Å². The van der Waals surface area contributed by atoms with E-state index in [1.54, 1.807) is 6.07 Å². The number of halogens is 3. The van der Waals surface area contributed by atoms with Crippen molar-refractivity contribution in [3.05, 3.63) is 30.0 Å². The lowest BCUT2D eigenvalue weighted by molar-refractivity contribution is -0.325. The SMILES string of the molecule is NC(=O)c1ccc2nn(CCOC(F)(F)F)cc2c1. The van der Waals surface area contributed by atoms with Crippen molar-refractivity contribution in [2.75, 3.05) is 6.61 Å². The molecular weight excluding hydrogens is 263 g/mol. The van der Waals surface area contributed by atoms with Crippen molar-refractivity contribution in [2.24, 2.45) is 5.73 Å². The fourth-order valence-electron chi connectivity index (χ4n) is 1.60. The quantitative estimate of drug-likeness (QED) is 0.921. The number of hydrogen-bond donors (Lipinski definition) is 1. The minimum Gasteiger partial charge on any atom is -0.366 e. The molecule has 0 saturated carbocycles. The molecule has 0 fully saturated rings. The van der Waals surface area contributed by atoms with Crippen LogP contribution >= 0.6 is 0 Å². The zero-order chi connectivity index (χ0) is 14.0. The molecule has 1 heterocycles. The van der Waals surface area contributed by atoms with Gasteiger partial charge in [0.1, 0.15) is 0 Å². The summed E-state index contributed by atoms with van der Waals surface area (Å²) in [4.78, 5) is 11.0. The Morgan fingerprint density at radius 1 is 1.42 bits per heavy atom. The van der Waals surface area contributed by atoms with Crippen LogP contribution in [0.4, 0.5) is 13.2 Å². The maximum Gasteiger partial charge on any atom is 0.522 e. The molecule has 1 aromatic carbocycles. The van der Waals surface area contributed by atoms with Crippen LogP contribution in [0.5, 0.6) is 0 Å². The summed E-state index contributed by atoms with van der Waals surface area (Å²) in [6.45, 7) is -0.569. The lowest BCUT2D eigenvalue weighted by Gasteiger charge is -2.06. The zero-order valence-electron chi connectivity index (χ0n) is 9.65. The number of fused-ring (bicyclic) bond motifs is 1. The van der Waals surface area contributed by atoms with E-state index in [-0.39, 0.29) is 6.54 Å². The van der Waals surface area contributed by atoms with Gasteiger partial charge in [0, 0.05) is 17.1 Å². The Balaban J connectivity index is 2.11. The van der Waals surface area contributed by atoms with Gasteiger partial charge in [-0.25, -0.2) is 0 Å². The molecule has 2 N–H and O–H groups in total. The Kier molecular flexibility index (Phi) is 3.43. The van der Waals surface area contributed by atoms with Gasteiger partial charge in [0.05, 0.1) is 18.7 Å². The zero-order valence-corrected chi connectivity index (χ0v) is 9.65.